The van der Waals surface area contributed by atoms with Gasteiger partial charge < -0.3 is 9.73 Å². The van der Waals surface area contributed by atoms with E-state index in [0.717, 1.165) is 11.3 Å². The topological polar surface area (TPSA) is 59.3 Å². The Kier molecular flexibility index (Phi) is 3.95. The predicted octanol–water partition coefficient (Wildman–Crippen LogP) is 2.99. The third kappa shape index (κ3) is 2.98. The van der Waals surface area contributed by atoms with Gasteiger partial charge in [-0.15, -0.1) is 0 Å². The van der Waals surface area contributed by atoms with Gasteiger partial charge in [-0.2, -0.15) is 0 Å². The van der Waals surface area contributed by atoms with Crippen molar-refractivity contribution < 1.29 is 12.8 Å². The first kappa shape index (κ1) is 13.7. The summed E-state index contributed by atoms with van der Waals surface area (Å²) in [6, 6.07) is 8.81. The highest BCUT2D eigenvalue weighted by atomic mass is 32.2. The van der Waals surface area contributed by atoms with E-state index in [1.807, 2.05) is 19.1 Å². The minimum absolute atomic E-state index is 0.0888. The van der Waals surface area contributed by atoms with Gasteiger partial charge in [-0.3, -0.25) is 0 Å². The molecule has 0 saturated carbocycles. The number of hydrogen-bond donors (Lipinski definition) is 1. The van der Waals surface area contributed by atoms with Crippen molar-refractivity contribution in [1.29, 1.82) is 0 Å². The molecule has 0 amide bonds. The van der Waals surface area contributed by atoms with Crippen LogP contribution >= 0.6 is 0 Å². The summed E-state index contributed by atoms with van der Waals surface area (Å²) >= 11 is 0. The highest BCUT2D eigenvalue weighted by molar-refractivity contribution is 7.91. The molecule has 0 fully saturated rings. The van der Waals surface area contributed by atoms with Gasteiger partial charge in [-0.25, -0.2) is 8.42 Å². The lowest BCUT2D eigenvalue weighted by Crippen LogP contribution is -2.09. The van der Waals surface area contributed by atoms with E-state index >= 15 is 0 Å². The van der Waals surface area contributed by atoms with Gasteiger partial charge in [0.15, 0.2) is 9.84 Å². The number of nitrogens with one attached hydrogen (secondary N) is 1. The molecule has 0 saturated heterocycles. The predicted molar refractivity (Wildman–Crippen MR) is 74.9 cm³/mol. The molecule has 4 nitrogen and oxygen atoms in total. The smallest absolute Gasteiger partial charge is 0.180 e. The first-order valence-corrected chi connectivity index (χ1v) is 7.78. The van der Waals surface area contributed by atoms with Crippen molar-refractivity contribution in [3.63, 3.8) is 0 Å². The van der Waals surface area contributed by atoms with E-state index in [1.165, 1.54) is 0 Å². The Hall–Kier alpha value is -1.75. The molecule has 2 aromatic rings. The fourth-order valence-corrected chi connectivity index (χ4v) is 2.87. The van der Waals surface area contributed by atoms with E-state index in [4.69, 9.17) is 4.42 Å². The highest BCUT2D eigenvalue weighted by Crippen LogP contribution is 2.23. The molecule has 19 heavy (non-hydrogen) atoms. The Morgan fingerprint density at radius 1 is 1.21 bits per heavy atom. The lowest BCUT2D eigenvalue weighted by Gasteiger charge is -2.11. The van der Waals surface area contributed by atoms with Crippen LogP contribution in [0.3, 0.4) is 0 Å². The molecule has 0 aliphatic heterocycles. The Balaban J connectivity index is 2.24. The minimum Gasteiger partial charge on any atom is -0.467 e. The molecule has 5 heteroatoms. The number of rotatable bonds is 5. The molecule has 1 heterocycles. The Morgan fingerprint density at radius 3 is 2.58 bits per heavy atom. The summed E-state index contributed by atoms with van der Waals surface area (Å²) < 4.78 is 29.3. The summed E-state index contributed by atoms with van der Waals surface area (Å²) in [5.74, 6) is 0.898. The van der Waals surface area contributed by atoms with Crippen LogP contribution in [0.2, 0.25) is 0 Å². The normalized spacial score (nSPS) is 11.5. The maximum absolute atomic E-state index is 12.0. The second-order valence-corrected chi connectivity index (χ2v) is 6.53. The second kappa shape index (κ2) is 5.48. The number of anilines is 1. The average molecular weight is 279 g/mol. The summed E-state index contributed by atoms with van der Waals surface area (Å²) in [4.78, 5) is 0.335. The summed E-state index contributed by atoms with van der Waals surface area (Å²) in [6.07, 6.45) is 1.63. The molecule has 0 aliphatic carbocycles. The van der Waals surface area contributed by atoms with Gasteiger partial charge >= 0.3 is 0 Å². The zero-order chi connectivity index (χ0) is 13.9. The van der Waals surface area contributed by atoms with Gasteiger partial charge in [0.05, 0.1) is 29.1 Å². The molecule has 1 aromatic heterocycles. The van der Waals surface area contributed by atoms with E-state index in [1.54, 1.807) is 31.4 Å². The summed E-state index contributed by atoms with van der Waals surface area (Å²) in [5.41, 5.74) is 1.66. The average Bonchev–Trinajstić information content (AvgIpc) is 2.82. The van der Waals surface area contributed by atoms with Crippen molar-refractivity contribution in [3.05, 3.63) is 47.9 Å². The molecule has 102 valence electrons. The van der Waals surface area contributed by atoms with Crippen LogP contribution in [0.4, 0.5) is 5.69 Å². The molecule has 0 spiro atoms. The van der Waals surface area contributed by atoms with Crippen molar-refractivity contribution in [2.45, 2.75) is 25.3 Å². The van der Waals surface area contributed by atoms with Crippen molar-refractivity contribution in [1.82, 2.24) is 0 Å². The summed E-state index contributed by atoms with van der Waals surface area (Å²) in [5, 5.41) is 3.12. The maximum atomic E-state index is 12.0. The van der Waals surface area contributed by atoms with E-state index in [9.17, 15) is 8.42 Å². The fraction of sp³-hybridized carbons (Fsp3) is 0.286. The zero-order valence-corrected chi connectivity index (χ0v) is 11.8. The Bertz CT molecular complexity index is 659. The number of sulfone groups is 1. The van der Waals surface area contributed by atoms with E-state index in [-0.39, 0.29) is 5.75 Å². The van der Waals surface area contributed by atoms with Crippen LogP contribution in [-0.2, 0) is 16.4 Å². The molecular formula is C14H17NO3S. The maximum Gasteiger partial charge on any atom is 0.180 e. The van der Waals surface area contributed by atoms with Gasteiger partial charge in [-0.05, 0) is 30.7 Å². The fourth-order valence-electron chi connectivity index (χ4n) is 1.80. The largest absolute Gasteiger partial charge is 0.467 e. The number of benzene rings is 1. The molecule has 0 unspecified atom stereocenters. The standard InChI is InChI=1S/C14H17NO3S/c1-3-19(16,17)14-7-5-4-6-12(14)15-10-13-11(2)8-9-18-13/h4-9,15H,3,10H2,1-2H3. The molecule has 1 N–H and O–H groups in total. The van der Waals surface area contributed by atoms with Crippen LogP contribution in [0, 0.1) is 6.92 Å². The van der Waals surface area contributed by atoms with Crippen LogP contribution in [-0.4, -0.2) is 14.2 Å². The molecule has 0 atom stereocenters. The quantitative estimate of drug-likeness (QED) is 0.914. The van der Waals surface area contributed by atoms with Gasteiger partial charge in [0.2, 0.25) is 0 Å². The Morgan fingerprint density at radius 2 is 1.95 bits per heavy atom. The summed E-state index contributed by atoms with van der Waals surface area (Å²) in [7, 11) is -3.22. The first-order chi connectivity index (χ1) is 9.04. The Labute approximate surface area is 113 Å². The summed E-state index contributed by atoms with van der Waals surface area (Å²) in [6.45, 7) is 4.06. The van der Waals surface area contributed by atoms with Crippen molar-refractivity contribution in [2.24, 2.45) is 0 Å². The van der Waals surface area contributed by atoms with Crippen LogP contribution in [0.25, 0.3) is 0 Å². The SMILES string of the molecule is CCS(=O)(=O)c1ccccc1NCc1occc1C. The van der Waals surface area contributed by atoms with E-state index in [2.05, 4.69) is 5.32 Å². The number of para-hydroxylation sites is 1. The number of furan rings is 1. The zero-order valence-electron chi connectivity index (χ0n) is 11.0. The van der Waals surface area contributed by atoms with Crippen molar-refractivity contribution >= 4 is 15.5 Å². The lowest BCUT2D eigenvalue weighted by molar-refractivity contribution is 0.515. The van der Waals surface area contributed by atoms with Crippen LogP contribution < -0.4 is 5.32 Å². The third-order valence-electron chi connectivity index (χ3n) is 3.01. The molecule has 0 bridgehead atoms. The lowest BCUT2D eigenvalue weighted by atomic mass is 10.2. The van der Waals surface area contributed by atoms with E-state index in [0.29, 0.717) is 17.1 Å². The highest BCUT2D eigenvalue weighted by Gasteiger charge is 2.16. The number of aryl methyl sites for hydroxylation is 1. The molecular weight excluding hydrogens is 262 g/mol. The third-order valence-corrected chi connectivity index (χ3v) is 4.80. The van der Waals surface area contributed by atoms with Crippen molar-refractivity contribution in [3.8, 4) is 0 Å². The second-order valence-electron chi connectivity index (χ2n) is 4.28. The molecule has 0 radical (unpaired) electrons. The first-order valence-electron chi connectivity index (χ1n) is 6.13. The molecule has 0 aliphatic rings. The van der Waals surface area contributed by atoms with Crippen LogP contribution in [0.15, 0.2) is 45.9 Å². The van der Waals surface area contributed by atoms with Crippen LogP contribution in [0.5, 0.6) is 0 Å². The van der Waals surface area contributed by atoms with Gasteiger partial charge in [0.25, 0.3) is 0 Å². The molecule has 1 aromatic carbocycles. The molecule has 2 rings (SSSR count). The van der Waals surface area contributed by atoms with Gasteiger partial charge in [0, 0.05) is 0 Å². The monoisotopic (exact) mass is 279 g/mol. The van der Waals surface area contributed by atoms with Crippen molar-refractivity contribution in [2.75, 3.05) is 11.1 Å². The van der Waals surface area contributed by atoms with E-state index < -0.39 is 9.84 Å². The van der Waals surface area contributed by atoms with Crippen LogP contribution in [0.1, 0.15) is 18.2 Å². The number of hydrogen-bond acceptors (Lipinski definition) is 4. The van der Waals surface area contributed by atoms with Gasteiger partial charge in [0.1, 0.15) is 5.76 Å². The minimum atomic E-state index is -3.22. The van der Waals surface area contributed by atoms with Gasteiger partial charge in [-0.1, -0.05) is 19.1 Å².